The SMILES string of the molecule is CCCCNc1nc(NCCC)nc(N2CCCCC2)n1. The minimum atomic E-state index is 0.687. The van der Waals surface area contributed by atoms with Gasteiger partial charge in [0.15, 0.2) is 0 Å². The van der Waals surface area contributed by atoms with Crippen molar-refractivity contribution in [2.75, 3.05) is 41.7 Å². The first-order chi connectivity index (χ1) is 10.3. The van der Waals surface area contributed by atoms with Crippen molar-refractivity contribution in [3.05, 3.63) is 0 Å². The molecule has 0 amide bonds. The maximum atomic E-state index is 4.59. The van der Waals surface area contributed by atoms with Crippen molar-refractivity contribution >= 4 is 17.8 Å². The van der Waals surface area contributed by atoms with Gasteiger partial charge in [0.05, 0.1) is 0 Å². The van der Waals surface area contributed by atoms with Crippen LogP contribution < -0.4 is 15.5 Å². The number of anilines is 3. The molecule has 6 heteroatoms. The molecule has 1 aliphatic heterocycles. The molecular formula is C15H28N6. The standard InChI is InChI=1S/C15H28N6/c1-3-5-10-17-14-18-13(16-9-4-2)19-15(20-14)21-11-7-6-8-12-21/h3-12H2,1-2H3,(H2,16,17,18,19,20). The Morgan fingerprint density at radius 1 is 0.857 bits per heavy atom. The highest BCUT2D eigenvalue weighted by molar-refractivity contribution is 5.44. The molecule has 0 saturated carbocycles. The molecule has 0 radical (unpaired) electrons. The molecule has 1 aromatic heterocycles. The molecule has 0 atom stereocenters. The Hall–Kier alpha value is -1.59. The lowest BCUT2D eigenvalue weighted by Gasteiger charge is -2.27. The number of rotatable bonds is 8. The van der Waals surface area contributed by atoms with Gasteiger partial charge in [-0.1, -0.05) is 20.3 Å². The number of piperidine rings is 1. The Bertz CT molecular complexity index is 417. The van der Waals surface area contributed by atoms with Crippen molar-refractivity contribution in [3.8, 4) is 0 Å². The summed E-state index contributed by atoms with van der Waals surface area (Å²) in [6.45, 7) is 8.21. The Balaban J connectivity index is 2.10. The Kier molecular flexibility index (Phi) is 6.50. The molecule has 1 aliphatic rings. The van der Waals surface area contributed by atoms with E-state index in [-0.39, 0.29) is 0 Å². The molecule has 0 spiro atoms. The van der Waals surface area contributed by atoms with E-state index in [9.17, 15) is 0 Å². The summed E-state index contributed by atoms with van der Waals surface area (Å²) in [6.07, 6.45) is 7.11. The molecule has 2 heterocycles. The van der Waals surface area contributed by atoms with Crippen molar-refractivity contribution in [2.45, 2.75) is 52.4 Å². The third-order valence-corrected chi connectivity index (χ3v) is 3.61. The summed E-state index contributed by atoms with van der Waals surface area (Å²) in [7, 11) is 0. The van der Waals surface area contributed by atoms with Crippen LogP contribution in [0.5, 0.6) is 0 Å². The zero-order valence-corrected chi connectivity index (χ0v) is 13.4. The van der Waals surface area contributed by atoms with Crippen LogP contribution in [-0.2, 0) is 0 Å². The minimum Gasteiger partial charge on any atom is -0.354 e. The topological polar surface area (TPSA) is 66.0 Å². The molecule has 1 fully saturated rings. The highest BCUT2D eigenvalue weighted by Gasteiger charge is 2.16. The van der Waals surface area contributed by atoms with Crippen LogP contribution in [0.1, 0.15) is 52.4 Å². The maximum absolute atomic E-state index is 4.59. The van der Waals surface area contributed by atoms with E-state index >= 15 is 0 Å². The number of hydrogen-bond acceptors (Lipinski definition) is 6. The quantitative estimate of drug-likeness (QED) is 0.718. The molecule has 1 saturated heterocycles. The third kappa shape index (κ3) is 5.02. The summed E-state index contributed by atoms with van der Waals surface area (Å²) in [5.41, 5.74) is 0. The van der Waals surface area contributed by atoms with Crippen LogP contribution in [-0.4, -0.2) is 41.1 Å². The summed E-state index contributed by atoms with van der Waals surface area (Å²) >= 11 is 0. The van der Waals surface area contributed by atoms with Gasteiger partial charge in [0.1, 0.15) is 0 Å². The number of nitrogens with zero attached hydrogens (tertiary/aromatic N) is 4. The first kappa shape index (κ1) is 15.8. The molecule has 0 aliphatic carbocycles. The van der Waals surface area contributed by atoms with E-state index in [0.29, 0.717) is 11.9 Å². The van der Waals surface area contributed by atoms with E-state index in [1.54, 1.807) is 0 Å². The van der Waals surface area contributed by atoms with Crippen molar-refractivity contribution in [2.24, 2.45) is 0 Å². The summed E-state index contributed by atoms with van der Waals surface area (Å²) in [5, 5.41) is 6.59. The molecule has 2 N–H and O–H groups in total. The number of unbranched alkanes of at least 4 members (excludes halogenated alkanes) is 1. The minimum absolute atomic E-state index is 0.687. The van der Waals surface area contributed by atoms with Crippen LogP contribution in [0.4, 0.5) is 17.8 Å². The van der Waals surface area contributed by atoms with Crippen LogP contribution in [0.3, 0.4) is 0 Å². The number of hydrogen-bond donors (Lipinski definition) is 2. The van der Waals surface area contributed by atoms with Crippen molar-refractivity contribution in [1.82, 2.24) is 15.0 Å². The zero-order chi connectivity index (χ0) is 14.9. The second-order valence-corrected chi connectivity index (χ2v) is 5.54. The lowest BCUT2D eigenvalue weighted by atomic mass is 10.1. The predicted octanol–water partition coefficient (Wildman–Crippen LogP) is 2.90. The lowest BCUT2D eigenvalue weighted by molar-refractivity contribution is 0.567. The fraction of sp³-hybridized carbons (Fsp3) is 0.800. The van der Waals surface area contributed by atoms with Gasteiger partial charge in [-0.05, 0) is 32.1 Å². The zero-order valence-electron chi connectivity index (χ0n) is 13.4. The molecule has 0 aromatic carbocycles. The molecule has 118 valence electrons. The third-order valence-electron chi connectivity index (χ3n) is 3.61. The molecule has 21 heavy (non-hydrogen) atoms. The van der Waals surface area contributed by atoms with Crippen molar-refractivity contribution in [3.63, 3.8) is 0 Å². The van der Waals surface area contributed by atoms with E-state index in [1.165, 1.54) is 19.3 Å². The van der Waals surface area contributed by atoms with E-state index in [2.05, 4.69) is 44.3 Å². The number of nitrogens with one attached hydrogen (secondary N) is 2. The maximum Gasteiger partial charge on any atom is 0.231 e. The summed E-state index contributed by atoms with van der Waals surface area (Å²) in [6, 6.07) is 0. The van der Waals surface area contributed by atoms with Crippen LogP contribution in [0.2, 0.25) is 0 Å². The first-order valence-electron chi connectivity index (χ1n) is 8.32. The van der Waals surface area contributed by atoms with Crippen LogP contribution in [0.25, 0.3) is 0 Å². The Labute approximate surface area is 127 Å². The molecule has 0 bridgehead atoms. The first-order valence-corrected chi connectivity index (χ1v) is 8.32. The van der Waals surface area contributed by atoms with E-state index < -0.39 is 0 Å². The lowest BCUT2D eigenvalue weighted by Crippen LogP contribution is -2.31. The van der Waals surface area contributed by atoms with Crippen LogP contribution in [0.15, 0.2) is 0 Å². The van der Waals surface area contributed by atoms with Gasteiger partial charge in [0, 0.05) is 26.2 Å². The average Bonchev–Trinajstić information content (AvgIpc) is 2.54. The normalized spacial score (nSPS) is 15.0. The van der Waals surface area contributed by atoms with Gasteiger partial charge < -0.3 is 15.5 Å². The van der Waals surface area contributed by atoms with Gasteiger partial charge in [-0.25, -0.2) is 0 Å². The second kappa shape index (κ2) is 8.64. The summed E-state index contributed by atoms with van der Waals surface area (Å²) < 4.78 is 0. The molecule has 2 rings (SSSR count). The average molecular weight is 292 g/mol. The van der Waals surface area contributed by atoms with Gasteiger partial charge in [-0.3, -0.25) is 0 Å². The predicted molar refractivity (Wildman–Crippen MR) is 88.1 cm³/mol. The van der Waals surface area contributed by atoms with Crippen LogP contribution in [0, 0.1) is 0 Å². The second-order valence-electron chi connectivity index (χ2n) is 5.54. The van der Waals surface area contributed by atoms with Crippen molar-refractivity contribution in [1.29, 1.82) is 0 Å². The Morgan fingerprint density at radius 3 is 2.14 bits per heavy atom. The number of aromatic nitrogens is 3. The summed E-state index contributed by atoms with van der Waals surface area (Å²) in [4.78, 5) is 15.9. The van der Waals surface area contributed by atoms with Gasteiger partial charge in [0.25, 0.3) is 0 Å². The van der Waals surface area contributed by atoms with Gasteiger partial charge in [0.2, 0.25) is 17.8 Å². The van der Waals surface area contributed by atoms with Crippen molar-refractivity contribution < 1.29 is 0 Å². The highest BCUT2D eigenvalue weighted by Crippen LogP contribution is 2.18. The molecular weight excluding hydrogens is 264 g/mol. The molecule has 0 unspecified atom stereocenters. The molecule has 6 nitrogen and oxygen atoms in total. The highest BCUT2D eigenvalue weighted by atomic mass is 15.3. The molecule has 1 aromatic rings. The largest absolute Gasteiger partial charge is 0.354 e. The van der Waals surface area contributed by atoms with E-state index in [1.807, 2.05) is 0 Å². The summed E-state index contributed by atoms with van der Waals surface area (Å²) in [5.74, 6) is 2.19. The fourth-order valence-corrected chi connectivity index (χ4v) is 2.37. The van der Waals surface area contributed by atoms with E-state index in [4.69, 9.17) is 0 Å². The van der Waals surface area contributed by atoms with Gasteiger partial charge in [-0.15, -0.1) is 0 Å². The monoisotopic (exact) mass is 292 g/mol. The smallest absolute Gasteiger partial charge is 0.231 e. The van der Waals surface area contributed by atoms with Gasteiger partial charge >= 0.3 is 0 Å². The Morgan fingerprint density at radius 2 is 1.52 bits per heavy atom. The van der Waals surface area contributed by atoms with E-state index in [0.717, 1.165) is 51.4 Å². The van der Waals surface area contributed by atoms with Gasteiger partial charge in [-0.2, -0.15) is 15.0 Å². The fourth-order valence-electron chi connectivity index (χ4n) is 2.37. The van der Waals surface area contributed by atoms with Crippen LogP contribution >= 0.6 is 0 Å².